The minimum Gasteiger partial charge on any atom is -0.286 e. The summed E-state index contributed by atoms with van der Waals surface area (Å²) in [6.07, 6.45) is 8.90. The molecule has 1 aliphatic carbocycles. The highest BCUT2D eigenvalue weighted by Crippen LogP contribution is 2.39. The fourth-order valence-electron chi connectivity index (χ4n) is 4.39. The molecule has 0 aliphatic heterocycles. The second kappa shape index (κ2) is 7.23. The summed E-state index contributed by atoms with van der Waals surface area (Å²) in [5.41, 5.74) is 1.38. The summed E-state index contributed by atoms with van der Waals surface area (Å²) in [5, 5.41) is 6.66. The molecule has 1 aromatic heterocycles. The minimum atomic E-state index is -0.432. The number of thiophene rings is 1. The third kappa shape index (κ3) is 3.10. The zero-order chi connectivity index (χ0) is 20.0. The van der Waals surface area contributed by atoms with Crippen LogP contribution in [0.25, 0.3) is 43.1 Å². The Bertz CT molecular complexity index is 1420. The SMILES string of the molecule is CCCCCCc1c2cc3c(cc2cc2c1sc1ccccc12)=CC(=O)C(=O)C=3. The van der Waals surface area contributed by atoms with E-state index in [4.69, 9.17) is 0 Å². The Hall–Kier alpha value is -2.78. The van der Waals surface area contributed by atoms with Crippen LogP contribution in [0.3, 0.4) is 0 Å². The monoisotopic (exact) mass is 398 g/mol. The Morgan fingerprint density at radius 3 is 2.34 bits per heavy atom. The Morgan fingerprint density at radius 2 is 1.55 bits per heavy atom. The average Bonchev–Trinajstić information content (AvgIpc) is 3.09. The van der Waals surface area contributed by atoms with Crippen molar-refractivity contribution in [3.63, 3.8) is 0 Å². The van der Waals surface area contributed by atoms with E-state index in [2.05, 4.69) is 49.4 Å². The zero-order valence-electron chi connectivity index (χ0n) is 16.5. The number of fused-ring (bicyclic) bond motifs is 5. The van der Waals surface area contributed by atoms with Crippen molar-refractivity contribution in [2.45, 2.75) is 39.0 Å². The Balaban J connectivity index is 1.83. The summed E-state index contributed by atoms with van der Waals surface area (Å²) in [7, 11) is 0. The van der Waals surface area contributed by atoms with E-state index in [0.717, 1.165) is 22.2 Å². The molecule has 0 unspecified atom stereocenters. The van der Waals surface area contributed by atoms with Gasteiger partial charge in [0.05, 0.1) is 0 Å². The number of ketones is 2. The Labute approximate surface area is 173 Å². The maximum Gasteiger partial charge on any atom is 0.226 e. The first-order valence-electron chi connectivity index (χ1n) is 10.3. The molecule has 0 spiro atoms. The highest BCUT2D eigenvalue weighted by Gasteiger charge is 2.16. The zero-order valence-corrected chi connectivity index (χ0v) is 17.3. The van der Waals surface area contributed by atoms with Gasteiger partial charge in [0, 0.05) is 20.2 Å². The van der Waals surface area contributed by atoms with Gasteiger partial charge in [0.15, 0.2) is 0 Å². The predicted molar refractivity (Wildman–Crippen MR) is 123 cm³/mol. The lowest BCUT2D eigenvalue weighted by Gasteiger charge is -2.11. The summed E-state index contributed by atoms with van der Waals surface area (Å²) in [6.45, 7) is 2.24. The number of carbonyl (C=O) groups excluding carboxylic acids is 2. The van der Waals surface area contributed by atoms with Crippen LogP contribution in [-0.4, -0.2) is 11.6 Å². The molecule has 0 fully saturated rings. The smallest absolute Gasteiger partial charge is 0.226 e. The van der Waals surface area contributed by atoms with Crippen LogP contribution in [0.5, 0.6) is 0 Å². The maximum atomic E-state index is 11.9. The third-order valence-corrected chi connectivity index (χ3v) is 7.13. The van der Waals surface area contributed by atoms with E-state index in [1.54, 1.807) is 0 Å². The lowest BCUT2D eigenvalue weighted by atomic mass is 9.94. The number of Topliss-reactive ketones (excluding diaryl/α,β-unsaturated/α-hetero) is 2. The highest BCUT2D eigenvalue weighted by atomic mass is 32.1. The first-order valence-corrected chi connectivity index (χ1v) is 11.2. The standard InChI is InChI=1S/C26H22O2S/c1-2-3-4-5-9-20-21-12-17-15-24(28)23(27)14-16(17)11-18(21)13-22-19-8-6-7-10-25(19)29-26(20)22/h6-8,10-15H,2-5,9H2,1H3. The van der Waals surface area contributed by atoms with Crippen molar-refractivity contribution in [1.82, 2.24) is 0 Å². The maximum absolute atomic E-state index is 11.9. The minimum absolute atomic E-state index is 0.427. The van der Waals surface area contributed by atoms with Crippen LogP contribution in [0.4, 0.5) is 0 Å². The van der Waals surface area contributed by atoms with Gasteiger partial charge < -0.3 is 0 Å². The molecule has 0 saturated heterocycles. The number of aryl methyl sites for hydroxylation is 1. The summed E-state index contributed by atoms with van der Waals surface area (Å²) >= 11 is 1.87. The van der Waals surface area contributed by atoms with Gasteiger partial charge in [-0.15, -0.1) is 11.3 Å². The van der Waals surface area contributed by atoms with Crippen LogP contribution in [-0.2, 0) is 16.0 Å². The summed E-state index contributed by atoms with van der Waals surface area (Å²) in [4.78, 5) is 23.8. The van der Waals surface area contributed by atoms with Crippen molar-refractivity contribution in [1.29, 1.82) is 0 Å². The van der Waals surface area contributed by atoms with Crippen molar-refractivity contribution in [3.05, 3.63) is 58.5 Å². The molecule has 1 aliphatic rings. The van der Waals surface area contributed by atoms with Crippen LogP contribution in [0, 0.1) is 0 Å². The molecule has 144 valence electrons. The van der Waals surface area contributed by atoms with E-state index in [1.165, 1.54) is 69.0 Å². The fraction of sp³-hybridized carbons (Fsp3) is 0.231. The van der Waals surface area contributed by atoms with Crippen LogP contribution >= 0.6 is 11.3 Å². The fourth-order valence-corrected chi connectivity index (χ4v) is 5.66. The highest BCUT2D eigenvalue weighted by molar-refractivity contribution is 7.26. The first kappa shape index (κ1) is 18.3. The van der Waals surface area contributed by atoms with Gasteiger partial charge in [0.1, 0.15) is 0 Å². The molecule has 5 rings (SSSR count). The van der Waals surface area contributed by atoms with E-state index in [9.17, 15) is 9.59 Å². The van der Waals surface area contributed by atoms with E-state index >= 15 is 0 Å². The van der Waals surface area contributed by atoms with Gasteiger partial charge in [-0.1, -0.05) is 44.4 Å². The number of rotatable bonds is 5. The van der Waals surface area contributed by atoms with Gasteiger partial charge in [-0.25, -0.2) is 0 Å². The third-order valence-electron chi connectivity index (χ3n) is 5.88. The number of hydrogen-bond donors (Lipinski definition) is 0. The van der Waals surface area contributed by atoms with E-state index in [-0.39, 0.29) is 0 Å². The van der Waals surface area contributed by atoms with Gasteiger partial charge in [-0.3, -0.25) is 9.59 Å². The van der Waals surface area contributed by atoms with Crippen LogP contribution < -0.4 is 10.4 Å². The number of carbonyl (C=O) groups is 2. The molecule has 3 heteroatoms. The molecule has 4 aromatic rings. The molecule has 0 bridgehead atoms. The van der Waals surface area contributed by atoms with Gasteiger partial charge >= 0.3 is 0 Å². The molecule has 0 saturated carbocycles. The summed E-state index contributed by atoms with van der Waals surface area (Å²) < 4.78 is 2.66. The Morgan fingerprint density at radius 1 is 0.793 bits per heavy atom. The van der Waals surface area contributed by atoms with Crippen molar-refractivity contribution in [2.24, 2.45) is 0 Å². The summed E-state index contributed by atoms with van der Waals surface area (Å²) in [5.74, 6) is -0.858. The average molecular weight is 399 g/mol. The predicted octanol–water partition coefficient (Wildman–Crippen LogP) is 5.04. The molecule has 1 heterocycles. The first-order chi connectivity index (χ1) is 14.2. The molecule has 0 amide bonds. The quantitative estimate of drug-likeness (QED) is 0.348. The van der Waals surface area contributed by atoms with Crippen molar-refractivity contribution in [3.8, 4) is 0 Å². The molecule has 2 nitrogen and oxygen atoms in total. The summed E-state index contributed by atoms with van der Waals surface area (Å²) in [6, 6.07) is 15.0. The largest absolute Gasteiger partial charge is 0.286 e. The number of hydrogen-bond acceptors (Lipinski definition) is 3. The van der Waals surface area contributed by atoms with Gasteiger partial charge in [-0.2, -0.15) is 0 Å². The lowest BCUT2D eigenvalue weighted by molar-refractivity contribution is -0.129. The molecule has 3 aromatic carbocycles. The van der Waals surface area contributed by atoms with Crippen LogP contribution in [0.1, 0.15) is 38.2 Å². The van der Waals surface area contributed by atoms with Gasteiger partial charge in [0.2, 0.25) is 11.6 Å². The topological polar surface area (TPSA) is 34.1 Å². The van der Waals surface area contributed by atoms with Crippen LogP contribution in [0.2, 0.25) is 0 Å². The van der Waals surface area contributed by atoms with Gasteiger partial charge in [-0.05, 0) is 76.0 Å². The van der Waals surface area contributed by atoms with Gasteiger partial charge in [0.25, 0.3) is 0 Å². The molecule has 0 radical (unpaired) electrons. The van der Waals surface area contributed by atoms with E-state index < -0.39 is 11.6 Å². The Kier molecular flexibility index (Phi) is 4.56. The van der Waals surface area contributed by atoms with E-state index in [1.807, 2.05) is 11.3 Å². The molecule has 29 heavy (non-hydrogen) atoms. The van der Waals surface area contributed by atoms with Crippen molar-refractivity contribution in [2.75, 3.05) is 0 Å². The number of benzene rings is 3. The van der Waals surface area contributed by atoms with E-state index in [0.29, 0.717) is 0 Å². The molecular weight excluding hydrogens is 376 g/mol. The molecule has 0 atom stereocenters. The molecule has 0 N–H and O–H groups in total. The van der Waals surface area contributed by atoms with Crippen molar-refractivity contribution >= 4 is 66.0 Å². The second-order valence-corrected chi connectivity index (χ2v) is 8.91. The molecular formula is C26H22O2S. The lowest BCUT2D eigenvalue weighted by Crippen LogP contribution is -2.33. The normalized spacial score (nSPS) is 13.7. The number of unbranched alkanes of at least 4 members (excludes halogenated alkanes) is 3. The van der Waals surface area contributed by atoms with Crippen LogP contribution in [0.15, 0.2) is 42.5 Å². The second-order valence-electron chi connectivity index (χ2n) is 7.86. The van der Waals surface area contributed by atoms with Crippen molar-refractivity contribution < 1.29 is 9.59 Å².